The highest BCUT2D eigenvalue weighted by atomic mass is 32.2. The van der Waals surface area contributed by atoms with Gasteiger partial charge in [0.25, 0.3) is 10.0 Å². The highest BCUT2D eigenvalue weighted by Gasteiger charge is 2.36. The van der Waals surface area contributed by atoms with Crippen LogP contribution in [0, 0.1) is 5.41 Å². The van der Waals surface area contributed by atoms with Crippen molar-refractivity contribution in [3.63, 3.8) is 0 Å². The Morgan fingerprint density at radius 1 is 1.47 bits per heavy atom. The summed E-state index contributed by atoms with van der Waals surface area (Å²) < 4.78 is 32.7. The summed E-state index contributed by atoms with van der Waals surface area (Å²) in [7, 11) is -0.981. The Hall–Kier alpha value is -1.41. The summed E-state index contributed by atoms with van der Waals surface area (Å²) in [5.41, 5.74) is -0.616. The van der Waals surface area contributed by atoms with Gasteiger partial charge in [0, 0.05) is 13.2 Å². The van der Waals surface area contributed by atoms with Gasteiger partial charge in [-0.1, -0.05) is 20.8 Å². The first-order valence-corrected chi connectivity index (χ1v) is 7.14. The number of hydrogen-bond donors (Lipinski definition) is 1. The Morgan fingerprint density at radius 2 is 2.05 bits per heavy atom. The maximum absolute atomic E-state index is 12.1. The molecule has 1 atom stereocenters. The first-order valence-electron chi connectivity index (χ1n) is 5.66. The standard InChI is InChI=1S/C11H19N3O4S/c1-11(2,3)9(10(15)18-5)13-19(16,17)8-6-14(4)7-12-8/h6-7,9,13H,1-5H3. The van der Waals surface area contributed by atoms with E-state index in [0.717, 1.165) is 0 Å². The number of methoxy groups -OCH3 is 1. The van der Waals surface area contributed by atoms with Gasteiger partial charge in [-0.3, -0.25) is 4.79 Å². The quantitative estimate of drug-likeness (QED) is 0.804. The predicted octanol–water partition coefficient (Wildman–Crippen LogP) is 0.286. The third kappa shape index (κ3) is 3.77. The predicted molar refractivity (Wildman–Crippen MR) is 68.8 cm³/mol. The second-order valence-electron chi connectivity index (χ2n) is 5.32. The van der Waals surface area contributed by atoms with Crippen molar-refractivity contribution in [3.8, 4) is 0 Å². The third-order valence-electron chi connectivity index (χ3n) is 2.53. The smallest absolute Gasteiger partial charge is 0.324 e. The fraction of sp³-hybridized carbons (Fsp3) is 0.636. The maximum atomic E-state index is 12.1. The Bertz CT molecular complexity index is 557. The van der Waals surface area contributed by atoms with E-state index in [1.807, 2.05) is 0 Å². The molecule has 7 nitrogen and oxygen atoms in total. The molecular weight excluding hydrogens is 270 g/mol. The summed E-state index contributed by atoms with van der Waals surface area (Å²) in [5, 5.41) is -0.131. The lowest BCUT2D eigenvalue weighted by molar-refractivity contribution is -0.145. The van der Waals surface area contributed by atoms with Crippen molar-refractivity contribution >= 4 is 16.0 Å². The van der Waals surface area contributed by atoms with Crippen LogP contribution in [0.4, 0.5) is 0 Å². The molecule has 0 bridgehead atoms. The molecule has 0 aliphatic rings. The van der Waals surface area contributed by atoms with Gasteiger partial charge in [0.15, 0.2) is 5.03 Å². The number of ether oxygens (including phenoxy) is 1. The zero-order valence-electron chi connectivity index (χ0n) is 11.7. The zero-order valence-corrected chi connectivity index (χ0v) is 12.5. The summed E-state index contributed by atoms with van der Waals surface area (Å²) in [6, 6.07) is -0.982. The van der Waals surface area contributed by atoms with Crippen LogP contribution < -0.4 is 4.72 Å². The van der Waals surface area contributed by atoms with Crippen molar-refractivity contribution in [1.82, 2.24) is 14.3 Å². The van der Waals surface area contributed by atoms with Crippen molar-refractivity contribution in [3.05, 3.63) is 12.5 Å². The van der Waals surface area contributed by atoms with Crippen LogP contribution in [0.15, 0.2) is 17.6 Å². The first kappa shape index (κ1) is 15.6. The van der Waals surface area contributed by atoms with E-state index in [1.54, 1.807) is 27.8 Å². The van der Waals surface area contributed by atoms with Crippen molar-refractivity contribution in [2.45, 2.75) is 31.8 Å². The summed E-state index contributed by atoms with van der Waals surface area (Å²) in [6.45, 7) is 5.24. The second-order valence-corrected chi connectivity index (χ2v) is 6.98. The van der Waals surface area contributed by atoms with Gasteiger partial charge in [-0.15, -0.1) is 0 Å². The number of carbonyl (C=O) groups excluding carboxylic acids is 1. The molecule has 0 aromatic carbocycles. The molecule has 0 aliphatic heterocycles. The fourth-order valence-electron chi connectivity index (χ4n) is 1.44. The molecule has 0 saturated heterocycles. The molecular formula is C11H19N3O4S. The minimum Gasteiger partial charge on any atom is -0.468 e. The Balaban J connectivity index is 3.06. The van der Waals surface area contributed by atoms with Crippen molar-refractivity contribution in [2.24, 2.45) is 12.5 Å². The van der Waals surface area contributed by atoms with Crippen molar-refractivity contribution in [2.75, 3.05) is 7.11 Å². The van der Waals surface area contributed by atoms with E-state index in [4.69, 9.17) is 0 Å². The third-order valence-corrected chi connectivity index (χ3v) is 3.84. The number of nitrogens with one attached hydrogen (secondary N) is 1. The number of carbonyl (C=O) groups is 1. The van der Waals surface area contributed by atoms with E-state index in [0.29, 0.717) is 0 Å². The number of nitrogens with zero attached hydrogens (tertiary/aromatic N) is 2. The average Bonchev–Trinajstić information content (AvgIpc) is 2.71. The molecule has 1 heterocycles. The van der Waals surface area contributed by atoms with Crippen molar-refractivity contribution in [1.29, 1.82) is 0 Å². The molecule has 0 radical (unpaired) electrons. The van der Waals surface area contributed by atoms with Crippen LogP contribution in [0.25, 0.3) is 0 Å². The highest BCUT2D eigenvalue weighted by molar-refractivity contribution is 7.89. The molecule has 1 unspecified atom stereocenters. The molecule has 108 valence electrons. The lowest BCUT2D eigenvalue weighted by Crippen LogP contribution is -2.49. The Kier molecular flexibility index (Phi) is 4.36. The largest absolute Gasteiger partial charge is 0.468 e. The van der Waals surface area contributed by atoms with Gasteiger partial charge in [-0.25, -0.2) is 13.4 Å². The minimum atomic E-state index is -3.86. The van der Waals surface area contributed by atoms with Crippen LogP contribution in [0.3, 0.4) is 0 Å². The Labute approximate surface area is 113 Å². The fourth-order valence-corrected chi connectivity index (χ4v) is 2.81. The van der Waals surface area contributed by atoms with E-state index >= 15 is 0 Å². The summed E-state index contributed by atoms with van der Waals surface area (Å²) in [5.74, 6) is -0.632. The van der Waals surface area contributed by atoms with Gasteiger partial charge < -0.3 is 9.30 Å². The van der Waals surface area contributed by atoms with Crippen LogP contribution in [0.2, 0.25) is 0 Å². The molecule has 1 aromatic rings. The molecule has 19 heavy (non-hydrogen) atoms. The molecule has 0 spiro atoms. The summed E-state index contributed by atoms with van der Waals surface area (Å²) in [6.07, 6.45) is 2.73. The average molecular weight is 289 g/mol. The van der Waals surface area contributed by atoms with Gasteiger partial charge in [0.1, 0.15) is 6.04 Å². The van der Waals surface area contributed by atoms with Gasteiger partial charge in [0.05, 0.1) is 13.4 Å². The number of aromatic nitrogens is 2. The van der Waals surface area contributed by atoms with Crippen LogP contribution in [0.1, 0.15) is 20.8 Å². The van der Waals surface area contributed by atoms with Gasteiger partial charge in [0.2, 0.25) is 0 Å². The molecule has 0 amide bonds. The Morgan fingerprint density at radius 3 is 2.42 bits per heavy atom. The number of esters is 1. The lowest BCUT2D eigenvalue weighted by atomic mass is 9.87. The van der Waals surface area contributed by atoms with Gasteiger partial charge in [-0.05, 0) is 5.41 Å². The SMILES string of the molecule is COC(=O)C(NS(=O)(=O)c1cn(C)cn1)C(C)(C)C. The summed E-state index contributed by atoms with van der Waals surface area (Å²) >= 11 is 0. The minimum absolute atomic E-state index is 0.131. The number of aryl methyl sites for hydroxylation is 1. The topological polar surface area (TPSA) is 90.3 Å². The van der Waals surface area contributed by atoms with Crippen molar-refractivity contribution < 1.29 is 17.9 Å². The van der Waals surface area contributed by atoms with E-state index < -0.39 is 27.4 Å². The lowest BCUT2D eigenvalue weighted by Gasteiger charge is -2.28. The molecule has 1 rings (SSSR count). The first-order chi connectivity index (χ1) is 8.58. The van der Waals surface area contributed by atoms with Crippen LogP contribution in [0.5, 0.6) is 0 Å². The number of hydrogen-bond acceptors (Lipinski definition) is 5. The van der Waals surface area contributed by atoms with Gasteiger partial charge >= 0.3 is 5.97 Å². The van der Waals surface area contributed by atoms with E-state index in [2.05, 4.69) is 14.4 Å². The number of rotatable bonds is 4. The monoisotopic (exact) mass is 289 g/mol. The maximum Gasteiger partial charge on any atom is 0.324 e. The normalized spacial score (nSPS) is 14.2. The van der Waals surface area contributed by atoms with Crippen LogP contribution in [-0.2, 0) is 26.6 Å². The molecule has 0 aliphatic carbocycles. The zero-order chi connectivity index (χ0) is 14.8. The number of imidazole rings is 1. The highest BCUT2D eigenvalue weighted by Crippen LogP contribution is 2.22. The van der Waals surface area contributed by atoms with E-state index in [9.17, 15) is 13.2 Å². The molecule has 0 fully saturated rings. The molecule has 8 heteroatoms. The number of sulfonamides is 1. The van der Waals surface area contributed by atoms with Crippen LogP contribution >= 0.6 is 0 Å². The van der Waals surface area contributed by atoms with E-state index in [-0.39, 0.29) is 5.03 Å². The second kappa shape index (κ2) is 5.30. The van der Waals surface area contributed by atoms with Gasteiger partial charge in [-0.2, -0.15) is 4.72 Å². The molecule has 1 N–H and O–H groups in total. The molecule has 1 aromatic heterocycles. The molecule has 0 saturated carbocycles. The van der Waals surface area contributed by atoms with Crippen LogP contribution in [-0.4, -0.2) is 37.1 Å². The van der Waals surface area contributed by atoms with E-state index in [1.165, 1.54) is 24.2 Å². The summed E-state index contributed by atoms with van der Waals surface area (Å²) in [4.78, 5) is 15.5.